The number of rotatable bonds is 6. The maximum atomic E-state index is 14.1. The van der Waals surface area contributed by atoms with E-state index in [-0.39, 0.29) is 29.2 Å². The lowest BCUT2D eigenvalue weighted by Gasteiger charge is -2.61. The predicted molar refractivity (Wildman–Crippen MR) is 122 cm³/mol. The molecule has 31 heavy (non-hydrogen) atoms. The largest absolute Gasteiger partial charge is 0.465 e. The van der Waals surface area contributed by atoms with Gasteiger partial charge in [-0.2, -0.15) is 0 Å². The molecule has 2 unspecified atom stereocenters. The summed E-state index contributed by atoms with van der Waals surface area (Å²) in [6, 6.07) is -0.143. The lowest BCUT2D eigenvalue weighted by Crippen LogP contribution is -2.80. The highest BCUT2D eigenvalue weighted by atomic mass is 16.4. The third kappa shape index (κ3) is 4.46. The fourth-order valence-electron chi connectivity index (χ4n) is 6.19. The molecule has 0 aliphatic carbocycles. The molecule has 2 bridgehead atoms. The van der Waals surface area contributed by atoms with Gasteiger partial charge in [0.1, 0.15) is 5.54 Å². The Morgan fingerprint density at radius 2 is 1.71 bits per heavy atom. The molecule has 3 amide bonds. The minimum Gasteiger partial charge on any atom is -0.465 e. The van der Waals surface area contributed by atoms with Gasteiger partial charge in [-0.1, -0.05) is 26.8 Å². The van der Waals surface area contributed by atoms with Crippen LogP contribution in [0.2, 0.25) is 0 Å². The fraction of sp³-hybridized carbons (Fsp3) is 0.792. The Morgan fingerprint density at radius 3 is 2.16 bits per heavy atom. The van der Waals surface area contributed by atoms with Gasteiger partial charge in [0, 0.05) is 18.5 Å². The number of carboxylic acid groups (broad SMARTS) is 1. The first-order valence-electron chi connectivity index (χ1n) is 11.4. The quantitative estimate of drug-likeness (QED) is 0.548. The third-order valence-electron chi connectivity index (χ3n) is 7.00. The molecule has 2 fully saturated rings. The van der Waals surface area contributed by atoms with Crippen molar-refractivity contribution in [1.29, 1.82) is 0 Å². The monoisotopic (exact) mass is 435 g/mol. The molecule has 7 heteroatoms. The highest BCUT2D eigenvalue weighted by Gasteiger charge is 2.70. The first kappa shape index (κ1) is 25.2. The van der Waals surface area contributed by atoms with E-state index in [1.807, 2.05) is 20.8 Å². The number of nitrogens with one attached hydrogen (secondary N) is 2. The van der Waals surface area contributed by atoms with E-state index in [9.17, 15) is 19.5 Å². The molecular formula is C24H41N3O4. The summed E-state index contributed by atoms with van der Waals surface area (Å²) in [6.45, 7) is 17.2. The molecular weight excluding hydrogens is 394 g/mol. The summed E-state index contributed by atoms with van der Waals surface area (Å²) >= 11 is 0. The maximum absolute atomic E-state index is 14.1. The van der Waals surface area contributed by atoms with Crippen molar-refractivity contribution in [2.75, 3.05) is 0 Å². The molecule has 176 valence electrons. The average molecular weight is 436 g/mol. The molecule has 2 rings (SSSR count). The van der Waals surface area contributed by atoms with Crippen LogP contribution in [-0.2, 0) is 9.59 Å². The van der Waals surface area contributed by atoms with E-state index in [4.69, 9.17) is 0 Å². The Hall–Kier alpha value is -2.05. The van der Waals surface area contributed by atoms with Gasteiger partial charge in [0.25, 0.3) is 0 Å². The zero-order valence-electron chi connectivity index (χ0n) is 20.3. The molecule has 0 aromatic carbocycles. The number of carbonyl (C=O) groups is 3. The molecule has 2 heterocycles. The second-order valence-corrected chi connectivity index (χ2v) is 11.4. The van der Waals surface area contributed by atoms with Crippen LogP contribution in [0.25, 0.3) is 0 Å². The summed E-state index contributed by atoms with van der Waals surface area (Å²) in [5, 5.41) is 16.5. The van der Waals surface area contributed by atoms with Gasteiger partial charge in [-0.05, 0) is 70.6 Å². The van der Waals surface area contributed by atoms with Crippen LogP contribution in [0.3, 0.4) is 0 Å². The van der Waals surface area contributed by atoms with E-state index in [2.05, 4.69) is 38.0 Å². The smallest absolute Gasteiger partial charge is 0.408 e. The van der Waals surface area contributed by atoms with Crippen molar-refractivity contribution in [1.82, 2.24) is 15.5 Å². The number of carbonyl (C=O) groups excluding carboxylic acids is 2. The molecule has 0 aromatic rings. The third-order valence-corrected chi connectivity index (χ3v) is 7.00. The standard InChI is InChI=1S/C24H41N3O4/c1-9-10-14-23(25-16(2)28,19(29)26-22(6,7)8)24-15-13-17(27(24)20(30)31)11-12-18(24)21(3,4)5/h9,17-18H,1,10-15H2,2-8H3,(H,25,28)(H,26,29)(H,30,31)/t17-,18?,23?,24+/m0/s1. The van der Waals surface area contributed by atoms with Crippen LogP contribution in [0.4, 0.5) is 4.79 Å². The number of fused-ring (bicyclic) bond motifs is 2. The minimum absolute atomic E-state index is 0.0998. The first-order valence-corrected chi connectivity index (χ1v) is 11.4. The van der Waals surface area contributed by atoms with Crippen LogP contribution in [0.5, 0.6) is 0 Å². The number of hydrogen-bond donors (Lipinski definition) is 3. The van der Waals surface area contributed by atoms with Crippen molar-refractivity contribution >= 4 is 17.9 Å². The van der Waals surface area contributed by atoms with Gasteiger partial charge < -0.3 is 15.7 Å². The summed E-state index contributed by atoms with van der Waals surface area (Å²) in [7, 11) is 0. The number of amides is 3. The molecule has 2 aliphatic heterocycles. The van der Waals surface area contributed by atoms with E-state index in [1.165, 1.54) is 11.8 Å². The van der Waals surface area contributed by atoms with Gasteiger partial charge >= 0.3 is 6.09 Å². The van der Waals surface area contributed by atoms with Gasteiger partial charge in [0.2, 0.25) is 11.8 Å². The van der Waals surface area contributed by atoms with E-state index in [1.54, 1.807) is 6.08 Å². The molecule has 0 aromatic heterocycles. The number of allylic oxidation sites excluding steroid dienone is 1. The molecule has 4 atom stereocenters. The Kier molecular flexibility index (Phi) is 6.89. The van der Waals surface area contributed by atoms with Gasteiger partial charge in [0.05, 0.1) is 5.54 Å². The van der Waals surface area contributed by atoms with Crippen LogP contribution < -0.4 is 10.6 Å². The van der Waals surface area contributed by atoms with Crippen LogP contribution >= 0.6 is 0 Å². The Bertz CT molecular complexity index is 736. The molecule has 7 nitrogen and oxygen atoms in total. The van der Waals surface area contributed by atoms with E-state index >= 15 is 0 Å². The number of nitrogens with zero attached hydrogens (tertiary/aromatic N) is 1. The Morgan fingerprint density at radius 1 is 1.10 bits per heavy atom. The van der Waals surface area contributed by atoms with E-state index in [0.29, 0.717) is 25.7 Å². The van der Waals surface area contributed by atoms with Crippen molar-refractivity contribution < 1.29 is 19.5 Å². The van der Waals surface area contributed by atoms with Crippen LogP contribution in [0.15, 0.2) is 12.7 Å². The Balaban J connectivity index is 2.87. The van der Waals surface area contributed by atoms with Gasteiger partial charge in [-0.15, -0.1) is 6.58 Å². The van der Waals surface area contributed by atoms with Crippen molar-refractivity contribution in [3.63, 3.8) is 0 Å². The summed E-state index contributed by atoms with van der Waals surface area (Å²) in [5.74, 6) is -0.758. The summed E-state index contributed by atoms with van der Waals surface area (Å²) < 4.78 is 0. The van der Waals surface area contributed by atoms with Crippen molar-refractivity contribution in [3.05, 3.63) is 12.7 Å². The number of piperidine rings is 1. The van der Waals surface area contributed by atoms with Crippen molar-refractivity contribution in [3.8, 4) is 0 Å². The topological polar surface area (TPSA) is 98.7 Å². The van der Waals surface area contributed by atoms with Crippen molar-refractivity contribution in [2.24, 2.45) is 11.3 Å². The predicted octanol–water partition coefficient (Wildman–Crippen LogP) is 4.08. The molecule has 2 aliphatic rings. The molecule has 0 saturated carbocycles. The van der Waals surface area contributed by atoms with Gasteiger partial charge in [-0.25, -0.2) is 4.79 Å². The van der Waals surface area contributed by atoms with Crippen LogP contribution in [0.1, 0.15) is 87.0 Å². The highest BCUT2D eigenvalue weighted by Crippen LogP contribution is 2.59. The zero-order valence-corrected chi connectivity index (χ0v) is 20.3. The fourth-order valence-corrected chi connectivity index (χ4v) is 6.19. The molecule has 2 saturated heterocycles. The first-order chi connectivity index (χ1) is 14.1. The van der Waals surface area contributed by atoms with Gasteiger partial charge in [-0.3, -0.25) is 14.5 Å². The highest BCUT2D eigenvalue weighted by molar-refractivity contribution is 5.94. The summed E-state index contributed by atoms with van der Waals surface area (Å²) in [5.41, 5.74) is -3.23. The lowest BCUT2D eigenvalue weighted by atomic mass is 9.55. The maximum Gasteiger partial charge on any atom is 0.408 e. The average Bonchev–Trinajstić information content (AvgIpc) is 2.85. The summed E-state index contributed by atoms with van der Waals surface area (Å²) in [6.07, 6.45) is 4.30. The summed E-state index contributed by atoms with van der Waals surface area (Å²) in [4.78, 5) is 40.8. The van der Waals surface area contributed by atoms with Crippen molar-refractivity contribution in [2.45, 2.75) is 110 Å². The normalized spacial score (nSPS) is 27.9. The van der Waals surface area contributed by atoms with E-state index < -0.39 is 22.7 Å². The molecule has 3 N–H and O–H groups in total. The zero-order chi connectivity index (χ0) is 23.8. The SMILES string of the molecule is C=CCCC(NC(C)=O)(C(=O)NC(C)(C)C)[C@@]12CC[C@H](CCC1C(C)(C)C)N2C(=O)O. The van der Waals surface area contributed by atoms with Crippen LogP contribution in [0, 0.1) is 11.3 Å². The van der Waals surface area contributed by atoms with Gasteiger partial charge in [0.15, 0.2) is 0 Å². The molecule has 0 radical (unpaired) electrons. The van der Waals surface area contributed by atoms with E-state index in [0.717, 1.165) is 12.8 Å². The second-order valence-electron chi connectivity index (χ2n) is 11.4. The lowest BCUT2D eigenvalue weighted by molar-refractivity contribution is -0.151. The minimum atomic E-state index is -1.40. The molecule has 0 spiro atoms. The number of hydrogen-bond acceptors (Lipinski definition) is 3. The second kappa shape index (κ2) is 8.47. The Labute approximate surface area is 187 Å². The van der Waals surface area contributed by atoms with Crippen LogP contribution in [-0.4, -0.2) is 50.6 Å².